The van der Waals surface area contributed by atoms with Crippen molar-refractivity contribution >= 4 is 5.97 Å². The van der Waals surface area contributed by atoms with Gasteiger partial charge in [-0.1, -0.05) is 48.5 Å². The van der Waals surface area contributed by atoms with Crippen LogP contribution in [0.15, 0.2) is 54.6 Å². The van der Waals surface area contributed by atoms with Crippen molar-refractivity contribution < 1.29 is 9.53 Å². The van der Waals surface area contributed by atoms with Gasteiger partial charge in [0.05, 0.1) is 5.56 Å². The van der Waals surface area contributed by atoms with Crippen molar-refractivity contribution in [3.8, 4) is 0 Å². The van der Waals surface area contributed by atoms with Crippen LogP contribution in [0.1, 0.15) is 40.4 Å². The van der Waals surface area contributed by atoms with Crippen LogP contribution in [-0.4, -0.2) is 5.97 Å². The van der Waals surface area contributed by atoms with E-state index in [9.17, 15) is 4.79 Å². The molecular formula is C17H16O2. The van der Waals surface area contributed by atoms with Crippen LogP contribution in [0.2, 0.25) is 0 Å². The number of carbonyl (C=O) groups is 1. The monoisotopic (exact) mass is 252 g/mol. The molecule has 96 valence electrons. The third-order valence-electron chi connectivity index (χ3n) is 3.55. The predicted molar refractivity (Wildman–Crippen MR) is 74.0 cm³/mol. The van der Waals surface area contributed by atoms with Crippen LogP contribution in [0, 0.1) is 0 Å². The van der Waals surface area contributed by atoms with E-state index in [2.05, 4.69) is 24.3 Å². The summed E-state index contributed by atoms with van der Waals surface area (Å²) < 4.78 is 5.43. The summed E-state index contributed by atoms with van der Waals surface area (Å²) in [6, 6.07) is 18.1. The number of hydrogen-bond donors (Lipinski definition) is 0. The molecule has 0 amide bonds. The van der Waals surface area contributed by atoms with E-state index in [4.69, 9.17) is 4.74 Å². The summed E-state index contributed by atoms with van der Waals surface area (Å²) in [6.07, 6.45) is 2.87. The van der Waals surface area contributed by atoms with Gasteiger partial charge in [-0.05, 0) is 30.9 Å². The Morgan fingerprint density at radius 1 is 0.947 bits per heavy atom. The van der Waals surface area contributed by atoms with Gasteiger partial charge < -0.3 is 4.74 Å². The highest BCUT2D eigenvalue weighted by atomic mass is 16.5. The molecular weight excluding hydrogens is 236 g/mol. The van der Waals surface area contributed by atoms with Crippen molar-refractivity contribution in [2.45, 2.75) is 25.4 Å². The van der Waals surface area contributed by atoms with Crippen molar-refractivity contribution in [2.24, 2.45) is 0 Å². The molecule has 2 heteroatoms. The lowest BCUT2D eigenvalue weighted by molar-refractivity contribution is 0.0365. The highest BCUT2D eigenvalue weighted by molar-refractivity contribution is 5.93. The van der Waals surface area contributed by atoms with Crippen molar-refractivity contribution in [3.05, 3.63) is 71.3 Å². The Morgan fingerprint density at radius 3 is 2.53 bits per heavy atom. The molecule has 0 N–H and O–H groups in total. The number of esters is 1. The van der Waals surface area contributed by atoms with Crippen LogP contribution < -0.4 is 0 Å². The second-order valence-corrected chi connectivity index (χ2v) is 4.86. The van der Waals surface area contributed by atoms with E-state index in [0.29, 0.717) is 0 Å². The van der Waals surface area contributed by atoms with Gasteiger partial charge in [-0.25, -0.2) is 4.79 Å². The van der Waals surface area contributed by atoms with Crippen molar-refractivity contribution in [3.63, 3.8) is 0 Å². The lowest BCUT2D eigenvalue weighted by Crippen LogP contribution is -1.99. The van der Waals surface area contributed by atoms with Gasteiger partial charge in [0.2, 0.25) is 0 Å². The Morgan fingerprint density at radius 2 is 1.68 bits per heavy atom. The van der Waals surface area contributed by atoms with Crippen LogP contribution in [-0.2, 0) is 11.2 Å². The first kappa shape index (κ1) is 12.0. The highest BCUT2D eigenvalue weighted by Crippen LogP contribution is 2.33. The molecule has 0 saturated heterocycles. The van der Waals surface area contributed by atoms with Gasteiger partial charge in [-0.2, -0.15) is 0 Å². The third kappa shape index (κ3) is 2.53. The summed E-state index contributed by atoms with van der Waals surface area (Å²) in [5.41, 5.74) is 3.10. The lowest BCUT2D eigenvalue weighted by atomic mass is 9.99. The number of benzene rings is 2. The van der Waals surface area contributed by atoms with E-state index in [-0.39, 0.29) is 12.1 Å². The predicted octanol–water partition coefficient (Wildman–Crippen LogP) is 3.92. The molecule has 1 heterocycles. The molecule has 1 aliphatic heterocycles. The number of carbonyl (C=O) groups excluding carboxylic acids is 1. The molecule has 3 rings (SSSR count). The quantitative estimate of drug-likeness (QED) is 0.771. The van der Waals surface area contributed by atoms with Gasteiger partial charge in [0.25, 0.3) is 0 Å². The highest BCUT2D eigenvalue weighted by Gasteiger charge is 2.29. The van der Waals surface area contributed by atoms with Gasteiger partial charge in [-0.3, -0.25) is 0 Å². The zero-order chi connectivity index (χ0) is 13.1. The van der Waals surface area contributed by atoms with Crippen LogP contribution in [0.3, 0.4) is 0 Å². The van der Waals surface area contributed by atoms with Crippen LogP contribution in [0.5, 0.6) is 0 Å². The molecule has 0 aliphatic carbocycles. The SMILES string of the molecule is O=C1O[C@H](CCCc2ccccc2)c2ccccc21. The van der Waals surface area contributed by atoms with E-state index >= 15 is 0 Å². The van der Waals surface area contributed by atoms with Gasteiger partial charge in [0, 0.05) is 5.56 Å². The summed E-state index contributed by atoms with van der Waals surface area (Å²) in [5, 5.41) is 0. The smallest absolute Gasteiger partial charge is 0.339 e. The van der Waals surface area contributed by atoms with Crippen molar-refractivity contribution in [2.75, 3.05) is 0 Å². The molecule has 0 radical (unpaired) electrons. The Balaban J connectivity index is 1.62. The Bertz CT molecular complexity index is 575. The number of rotatable bonds is 4. The van der Waals surface area contributed by atoms with Crippen molar-refractivity contribution in [1.82, 2.24) is 0 Å². The molecule has 0 unspecified atom stereocenters. The van der Waals surface area contributed by atoms with Crippen LogP contribution in [0.25, 0.3) is 0 Å². The van der Waals surface area contributed by atoms with E-state index in [1.165, 1.54) is 5.56 Å². The Kier molecular flexibility index (Phi) is 3.32. The summed E-state index contributed by atoms with van der Waals surface area (Å²) in [4.78, 5) is 11.7. The number of cyclic esters (lactones) is 1. The van der Waals surface area contributed by atoms with E-state index < -0.39 is 0 Å². The molecule has 0 spiro atoms. The minimum atomic E-state index is -0.180. The zero-order valence-corrected chi connectivity index (χ0v) is 10.7. The normalized spacial score (nSPS) is 17.1. The largest absolute Gasteiger partial charge is 0.454 e. The van der Waals surface area contributed by atoms with Gasteiger partial charge in [0.1, 0.15) is 6.10 Å². The second-order valence-electron chi connectivity index (χ2n) is 4.86. The number of fused-ring (bicyclic) bond motifs is 1. The second kappa shape index (κ2) is 5.27. The molecule has 0 fully saturated rings. The number of aryl methyl sites for hydroxylation is 1. The van der Waals surface area contributed by atoms with E-state index in [0.717, 1.165) is 30.4 Å². The third-order valence-corrected chi connectivity index (χ3v) is 3.55. The summed E-state index contributed by atoms with van der Waals surface area (Å²) >= 11 is 0. The van der Waals surface area contributed by atoms with Crippen LogP contribution >= 0.6 is 0 Å². The van der Waals surface area contributed by atoms with Gasteiger partial charge >= 0.3 is 5.97 Å². The Labute approximate surface area is 113 Å². The van der Waals surface area contributed by atoms with E-state index in [1.807, 2.05) is 30.3 Å². The average molecular weight is 252 g/mol. The first-order chi connectivity index (χ1) is 9.34. The van der Waals surface area contributed by atoms with Crippen molar-refractivity contribution in [1.29, 1.82) is 0 Å². The van der Waals surface area contributed by atoms with Crippen LogP contribution in [0.4, 0.5) is 0 Å². The standard InChI is InChI=1S/C17H16O2/c18-17-15-11-5-4-10-14(15)16(19-17)12-6-9-13-7-2-1-3-8-13/h1-5,7-8,10-11,16H,6,9,12H2/t16-/m1/s1. The molecule has 0 saturated carbocycles. The fourth-order valence-electron chi connectivity index (χ4n) is 2.57. The molecule has 19 heavy (non-hydrogen) atoms. The maximum atomic E-state index is 11.7. The fourth-order valence-corrected chi connectivity index (χ4v) is 2.57. The van der Waals surface area contributed by atoms with Gasteiger partial charge in [0.15, 0.2) is 0 Å². The number of hydrogen-bond acceptors (Lipinski definition) is 2. The molecule has 1 atom stereocenters. The fraction of sp³-hybridized carbons (Fsp3) is 0.235. The maximum absolute atomic E-state index is 11.7. The topological polar surface area (TPSA) is 26.3 Å². The zero-order valence-electron chi connectivity index (χ0n) is 10.7. The molecule has 0 bridgehead atoms. The molecule has 0 aromatic heterocycles. The lowest BCUT2D eigenvalue weighted by Gasteiger charge is -2.10. The summed E-state index contributed by atoms with van der Waals surface area (Å²) in [5.74, 6) is -0.180. The summed E-state index contributed by atoms with van der Waals surface area (Å²) in [6.45, 7) is 0. The minimum absolute atomic E-state index is 0.0626. The first-order valence-corrected chi connectivity index (χ1v) is 6.68. The van der Waals surface area contributed by atoms with Gasteiger partial charge in [-0.15, -0.1) is 0 Å². The average Bonchev–Trinajstić information content (AvgIpc) is 2.78. The first-order valence-electron chi connectivity index (χ1n) is 6.68. The molecule has 2 aromatic carbocycles. The minimum Gasteiger partial charge on any atom is -0.454 e. The maximum Gasteiger partial charge on any atom is 0.339 e. The Hall–Kier alpha value is -2.09. The molecule has 2 nitrogen and oxygen atoms in total. The summed E-state index contributed by atoms with van der Waals surface area (Å²) in [7, 11) is 0. The molecule has 1 aliphatic rings. The number of ether oxygens (including phenoxy) is 1. The van der Waals surface area contributed by atoms with E-state index in [1.54, 1.807) is 0 Å². The molecule has 2 aromatic rings.